The van der Waals surface area contributed by atoms with Gasteiger partial charge in [0.15, 0.2) is 0 Å². The molecule has 0 aliphatic carbocycles. The Morgan fingerprint density at radius 2 is 2.00 bits per heavy atom. The molecule has 1 aromatic carbocycles. The van der Waals surface area contributed by atoms with Gasteiger partial charge in [-0.2, -0.15) is 0 Å². The lowest BCUT2D eigenvalue weighted by atomic mass is 10.0. The van der Waals surface area contributed by atoms with Crippen LogP contribution in [-0.2, 0) is 4.74 Å². The highest BCUT2D eigenvalue weighted by Gasteiger charge is 2.30. The number of ether oxygens (including phenoxy) is 1. The normalized spacial score (nSPS) is 22.6. The summed E-state index contributed by atoms with van der Waals surface area (Å²) < 4.78 is 5.29. The topological polar surface area (TPSA) is 70.6 Å². The molecule has 0 bridgehead atoms. The van der Waals surface area contributed by atoms with Crippen molar-refractivity contribution in [2.75, 3.05) is 6.54 Å². The third-order valence-corrected chi connectivity index (χ3v) is 3.18. The van der Waals surface area contributed by atoms with Gasteiger partial charge in [0.2, 0.25) is 0 Å². The van der Waals surface area contributed by atoms with Gasteiger partial charge < -0.3 is 20.5 Å². The molecular weight excluding hydrogens is 256 g/mol. The van der Waals surface area contributed by atoms with Crippen molar-refractivity contribution in [2.24, 2.45) is 0 Å². The van der Waals surface area contributed by atoms with Crippen LogP contribution in [0.5, 0.6) is 5.75 Å². The molecule has 5 heteroatoms. The van der Waals surface area contributed by atoms with Crippen molar-refractivity contribution in [3.63, 3.8) is 0 Å². The van der Waals surface area contributed by atoms with Crippen LogP contribution in [0.2, 0.25) is 0 Å². The highest BCUT2D eigenvalue weighted by Crippen LogP contribution is 2.25. The van der Waals surface area contributed by atoms with Gasteiger partial charge in [0, 0.05) is 0 Å². The van der Waals surface area contributed by atoms with E-state index in [0.717, 1.165) is 18.5 Å². The Kier molecular flexibility index (Phi) is 4.18. The van der Waals surface area contributed by atoms with Gasteiger partial charge in [0.1, 0.15) is 11.4 Å². The van der Waals surface area contributed by atoms with Crippen LogP contribution in [-0.4, -0.2) is 29.4 Å². The summed E-state index contributed by atoms with van der Waals surface area (Å²) in [6.07, 6.45) is 0.458. The third kappa shape index (κ3) is 3.87. The number of amides is 1. The fourth-order valence-corrected chi connectivity index (χ4v) is 2.35. The van der Waals surface area contributed by atoms with E-state index < -0.39 is 11.7 Å². The van der Waals surface area contributed by atoms with Gasteiger partial charge in [-0.05, 0) is 51.4 Å². The quantitative estimate of drug-likeness (QED) is 0.776. The molecular formula is C15H22N2O3. The Morgan fingerprint density at radius 3 is 2.60 bits per heavy atom. The summed E-state index contributed by atoms with van der Waals surface area (Å²) >= 11 is 0. The zero-order valence-corrected chi connectivity index (χ0v) is 12.1. The molecule has 1 aliphatic rings. The van der Waals surface area contributed by atoms with E-state index in [1.54, 1.807) is 12.1 Å². The van der Waals surface area contributed by atoms with E-state index in [1.165, 1.54) is 0 Å². The molecule has 0 saturated carbocycles. The summed E-state index contributed by atoms with van der Waals surface area (Å²) in [4.78, 5) is 11.8. The number of carbonyl (C=O) groups excluding carboxylic acids is 1. The Hall–Kier alpha value is -1.75. The highest BCUT2D eigenvalue weighted by molar-refractivity contribution is 5.68. The molecule has 1 aromatic rings. The predicted molar refractivity (Wildman–Crippen MR) is 76.6 cm³/mol. The van der Waals surface area contributed by atoms with Crippen LogP contribution in [0.3, 0.4) is 0 Å². The number of nitrogens with one attached hydrogen (secondary N) is 2. The first kappa shape index (κ1) is 14.7. The monoisotopic (exact) mass is 278 g/mol. The lowest BCUT2D eigenvalue weighted by molar-refractivity contribution is 0.0500. The van der Waals surface area contributed by atoms with Crippen LogP contribution in [0.25, 0.3) is 0 Å². The van der Waals surface area contributed by atoms with Crippen molar-refractivity contribution in [2.45, 2.75) is 44.9 Å². The maximum Gasteiger partial charge on any atom is 0.407 e. The predicted octanol–water partition coefficient (Wildman–Crippen LogP) is 2.32. The van der Waals surface area contributed by atoms with Crippen LogP contribution in [0.4, 0.5) is 4.79 Å². The number of hydrogen-bond donors (Lipinski definition) is 3. The lowest BCUT2D eigenvalue weighted by Crippen LogP contribution is -2.41. The number of hydrogen-bond acceptors (Lipinski definition) is 4. The smallest absolute Gasteiger partial charge is 0.407 e. The Bertz CT molecular complexity index is 465. The minimum Gasteiger partial charge on any atom is -0.508 e. The molecule has 2 atom stereocenters. The Balaban J connectivity index is 2.00. The molecule has 2 unspecified atom stereocenters. The molecule has 1 saturated heterocycles. The number of aromatic hydroxyl groups is 1. The van der Waals surface area contributed by atoms with Crippen molar-refractivity contribution < 1.29 is 14.6 Å². The molecule has 1 fully saturated rings. The third-order valence-electron chi connectivity index (χ3n) is 3.18. The van der Waals surface area contributed by atoms with Gasteiger partial charge in [0.25, 0.3) is 0 Å². The highest BCUT2D eigenvalue weighted by atomic mass is 16.6. The van der Waals surface area contributed by atoms with Gasteiger partial charge >= 0.3 is 6.09 Å². The van der Waals surface area contributed by atoms with E-state index in [9.17, 15) is 9.90 Å². The van der Waals surface area contributed by atoms with Gasteiger partial charge in [-0.3, -0.25) is 0 Å². The number of alkyl carbamates (subject to hydrolysis) is 1. The van der Waals surface area contributed by atoms with E-state index in [-0.39, 0.29) is 17.8 Å². The van der Waals surface area contributed by atoms with E-state index in [2.05, 4.69) is 10.6 Å². The summed E-state index contributed by atoms with van der Waals surface area (Å²) in [6, 6.07) is 7.07. The first-order valence-electron chi connectivity index (χ1n) is 6.87. The molecule has 1 heterocycles. The maximum absolute atomic E-state index is 11.8. The summed E-state index contributed by atoms with van der Waals surface area (Å²) in [5.74, 6) is 0.239. The number of rotatable bonds is 2. The minimum absolute atomic E-state index is 0.00519. The second-order valence-electron chi connectivity index (χ2n) is 6.06. The van der Waals surface area contributed by atoms with Crippen molar-refractivity contribution in [3.05, 3.63) is 29.8 Å². The maximum atomic E-state index is 11.8. The zero-order chi connectivity index (χ0) is 14.8. The molecule has 2 rings (SSSR count). The van der Waals surface area contributed by atoms with Gasteiger partial charge in [-0.15, -0.1) is 0 Å². The van der Waals surface area contributed by atoms with Crippen molar-refractivity contribution in [1.29, 1.82) is 0 Å². The zero-order valence-electron chi connectivity index (χ0n) is 12.1. The summed E-state index contributed by atoms with van der Waals surface area (Å²) in [6.45, 7) is 6.37. The number of carbonyl (C=O) groups is 1. The molecule has 110 valence electrons. The molecule has 0 radical (unpaired) electrons. The van der Waals surface area contributed by atoms with E-state index >= 15 is 0 Å². The van der Waals surface area contributed by atoms with Crippen LogP contribution < -0.4 is 10.6 Å². The molecule has 1 aliphatic heterocycles. The van der Waals surface area contributed by atoms with Crippen LogP contribution >= 0.6 is 0 Å². The van der Waals surface area contributed by atoms with Gasteiger partial charge in [-0.1, -0.05) is 12.1 Å². The second kappa shape index (κ2) is 5.71. The fourth-order valence-electron chi connectivity index (χ4n) is 2.35. The van der Waals surface area contributed by atoms with Crippen LogP contribution in [0, 0.1) is 0 Å². The van der Waals surface area contributed by atoms with E-state index in [1.807, 2.05) is 32.9 Å². The average Bonchev–Trinajstić information content (AvgIpc) is 2.75. The fraction of sp³-hybridized carbons (Fsp3) is 0.533. The first-order chi connectivity index (χ1) is 9.35. The lowest BCUT2D eigenvalue weighted by Gasteiger charge is -2.24. The molecule has 5 nitrogen and oxygen atoms in total. The molecule has 3 N–H and O–H groups in total. The number of phenols is 1. The number of benzene rings is 1. The Labute approximate surface area is 119 Å². The van der Waals surface area contributed by atoms with Crippen molar-refractivity contribution in [3.8, 4) is 5.75 Å². The Morgan fingerprint density at radius 1 is 1.35 bits per heavy atom. The van der Waals surface area contributed by atoms with E-state index in [0.29, 0.717) is 0 Å². The minimum atomic E-state index is -0.496. The van der Waals surface area contributed by atoms with Gasteiger partial charge in [0.05, 0.1) is 12.1 Å². The van der Waals surface area contributed by atoms with Crippen molar-refractivity contribution in [1.82, 2.24) is 10.6 Å². The molecule has 20 heavy (non-hydrogen) atoms. The van der Waals surface area contributed by atoms with Gasteiger partial charge in [-0.25, -0.2) is 4.79 Å². The molecule has 0 spiro atoms. The standard InChI is InChI=1S/C15H22N2O3/c1-15(2,3)20-14(19)17-12-8-9-16-13(12)10-4-6-11(18)7-5-10/h4-7,12-13,16,18H,8-9H2,1-3H3,(H,17,19). The number of phenolic OH excluding ortho intramolecular Hbond substituents is 1. The van der Waals surface area contributed by atoms with Crippen molar-refractivity contribution >= 4 is 6.09 Å². The summed E-state index contributed by atoms with van der Waals surface area (Å²) in [7, 11) is 0. The SMILES string of the molecule is CC(C)(C)OC(=O)NC1CCNC1c1ccc(O)cc1. The summed E-state index contributed by atoms with van der Waals surface area (Å²) in [5.41, 5.74) is 0.547. The van der Waals surface area contributed by atoms with Crippen LogP contribution in [0.1, 0.15) is 38.8 Å². The largest absolute Gasteiger partial charge is 0.508 e. The summed E-state index contributed by atoms with van der Waals surface area (Å²) in [5, 5.41) is 15.6. The second-order valence-corrected chi connectivity index (χ2v) is 6.06. The van der Waals surface area contributed by atoms with E-state index in [4.69, 9.17) is 4.74 Å². The first-order valence-corrected chi connectivity index (χ1v) is 6.87. The average molecular weight is 278 g/mol. The van der Waals surface area contributed by atoms with Crippen LogP contribution in [0.15, 0.2) is 24.3 Å². The molecule has 0 aromatic heterocycles. The molecule has 1 amide bonds.